The third-order valence-electron chi connectivity index (χ3n) is 6.37. The lowest BCUT2D eigenvalue weighted by Crippen LogP contribution is -2.51. The minimum Gasteiger partial charge on any atom is -0.494 e. The summed E-state index contributed by atoms with van der Waals surface area (Å²) in [6.45, 7) is 3.59. The number of pyridine rings is 1. The number of carbonyl (C=O) groups excluding carboxylic acids is 1. The van der Waals surface area contributed by atoms with E-state index in [-0.39, 0.29) is 11.7 Å². The number of piperidine rings is 1. The van der Waals surface area contributed by atoms with E-state index in [0.717, 1.165) is 56.7 Å². The van der Waals surface area contributed by atoms with Crippen LogP contribution in [0.3, 0.4) is 0 Å². The molecular weight excluding hydrogens is 451 g/mol. The molecule has 2 saturated heterocycles. The van der Waals surface area contributed by atoms with Gasteiger partial charge in [-0.1, -0.05) is 6.07 Å². The Morgan fingerprint density at radius 3 is 2.59 bits per heavy atom. The zero-order chi connectivity index (χ0) is 23.9. The summed E-state index contributed by atoms with van der Waals surface area (Å²) in [4.78, 5) is 18.5. The highest BCUT2D eigenvalue weighted by molar-refractivity contribution is 6.05. The predicted octanol–water partition coefficient (Wildman–Crippen LogP) is 3.75. The molecule has 34 heavy (non-hydrogen) atoms. The van der Waals surface area contributed by atoms with Gasteiger partial charge in [-0.15, -0.1) is 0 Å². The number of benzene rings is 1. The Balaban J connectivity index is 1.34. The summed E-state index contributed by atoms with van der Waals surface area (Å²) in [5.41, 5.74) is -0.420. The molecule has 11 heteroatoms. The summed E-state index contributed by atoms with van der Waals surface area (Å²) in [6, 6.07) is 7.42. The van der Waals surface area contributed by atoms with Crippen LogP contribution in [0, 0.1) is 0 Å². The molecule has 5 rings (SSSR count). The molecule has 0 unspecified atom stereocenters. The Labute approximate surface area is 193 Å². The van der Waals surface area contributed by atoms with Gasteiger partial charge in [-0.2, -0.15) is 18.3 Å². The van der Waals surface area contributed by atoms with Crippen LogP contribution in [0.25, 0.3) is 10.9 Å². The van der Waals surface area contributed by atoms with Crippen LogP contribution in [-0.4, -0.2) is 65.0 Å². The Kier molecular flexibility index (Phi) is 5.90. The highest BCUT2D eigenvalue weighted by Crippen LogP contribution is 2.33. The summed E-state index contributed by atoms with van der Waals surface area (Å²) in [7, 11) is 1.45. The highest BCUT2D eigenvalue weighted by atomic mass is 19.4. The quantitative estimate of drug-likeness (QED) is 0.606. The maximum atomic E-state index is 13.0. The topological polar surface area (TPSA) is 81.5 Å². The maximum Gasteiger partial charge on any atom is 0.433 e. The molecule has 0 radical (unpaired) electrons. The van der Waals surface area contributed by atoms with Gasteiger partial charge in [-0.25, -0.2) is 4.98 Å². The van der Waals surface area contributed by atoms with Gasteiger partial charge in [-0.05, 0) is 31.0 Å². The van der Waals surface area contributed by atoms with Crippen LogP contribution < -0.4 is 10.1 Å². The number of hydrogen-bond acceptors (Lipinski definition) is 6. The van der Waals surface area contributed by atoms with Crippen LogP contribution >= 0.6 is 0 Å². The Morgan fingerprint density at radius 2 is 1.94 bits per heavy atom. The van der Waals surface area contributed by atoms with Crippen LogP contribution in [0.4, 0.5) is 18.9 Å². The number of halogens is 3. The third kappa shape index (κ3) is 4.45. The molecule has 0 bridgehead atoms. The number of alkyl halides is 3. The zero-order valence-electron chi connectivity index (χ0n) is 18.5. The minimum atomic E-state index is -4.64. The molecule has 180 valence electrons. The number of carbonyl (C=O) groups is 1. The summed E-state index contributed by atoms with van der Waals surface area (Å²) >= 11 is 0. The standard InChI is InChI=1S/C23H24F3N5O3/c1-33-20-10-18-14(11-31(29-18)15-5-7-30(8-6-15)16-12-34-13-16)9-19(20)28-22(32)17-3-2-4-21(27-17)23(24,25)26/h2-4,9-11,15-16H,5-8,12-13H2,1H3,(H,28,32). The van der Waals surface area contributed by atoms with Crippen molar-refractivity contribution in [2.45, 2.75) is 31.1 Å². The number of methoxy groups -OCH3 is 1. The van der Waals surface area contributed by atoms with E-state index in [1.54, 1.807) is 12.1 Å². The fraction of sp³-hybridized carbons (Fsp3) is 0.435. The van der Waals surface area contributed by atoms with Gasteiger partial charge in [0.1, 0.15) is 17.1 Å². The van der Waals surface area contributed by atoms with Crippen molar-refractivity contribution < 1.29 is 27.4 Å². The van der Waals surface area contributed by atoms with Crippen LogP contribution in [0.5, 0.6) is 5.75 Å². The second kappa shape index (κ2) is 8.88. The van der Waals surface area contributed by atoms with Gasteiger partial charge in [0.05, 0.1) is 43.6 Å². The van der Waals surface area contributed by atoms with Crippen molar-refractivity contribution in [3.05, 3.63) is 47.9 Å². The van der Waals surface area contributed by atoms with E-state index in [1.807, 2.05) is 10.9 Å². The Bertz CT molecular complexity index is 1200. The van der Waals surface area contributed by atoms with Crippen molar-refractivity contribution in [3.63, 3.8) is 0 Å². The molecule has 8 nitrogen and oxygen atoms in total. The number of nitrogens with one attached hydrogen (secondary N) is 1. The van der Waals surface area contributed by atoms with Gasteiger partial charge in [0.25, 0.3) is 5.91 Å². The van der Waals surface area contributed by atoms with Crippen LogP contribution in [0.2, 0.25) is 0 Å². The third-order valence-corrected chi connectivity index (χ3v) is 6.37. The fourth-order valence-corrected chi connectivity index (χ4v) is 4.38. The number of hydrogen-bond donors (Lipinski definition) is 1. The highest BCUT2D eigenvalue weighted by Gasteiger charge is 2.33. The minimum absolute atomic E-state index is 0.267. The summed E-state index contributed by atoms with van der Waals surface area (Å²) in [6.07, 6.45) is -0.748. The van der Waals surface area contributed by atoms with Crippen molar-refractivity contribution in [1.82, 2.24) is 19.7 Å². The van der Waals surface area contributed by atoms with Gasteiger partial charge < -0.3 is 14.8 Å². The first-order valence-corrected chi connectivity index (χ1v) is 11.1. The van der Waals surface area contributed by atoms with E-state index in [2.05, 4.69) is 15.2 Å². The number of amides is 1. The molecule has 1 amide bonds. The lowest BCUT2D eigenvalue weighted by atomic mass is 10.0. The van der Waals surface area contributed by atoms with E-state index in [4.69, 9.17) is 14.6 Å². The van der Waals surface area contributed by atoms with Crippen LogP contribution in [0.15, 0.2) is 36.5 Å². The molecule has 2 fully saturated rings. The number of nitrogens with zero attached hydrogens (tertiary/aromatic N) is 4. The first-order chi connectivity index (χ1) is 16.3. The molecule has 3 aromatic rings. The molecule has 2 aromatic heterocycles. The smallest absolute Gasteiger partial charge is 0.433 e. The van der Waals surface area contributed by atoms with Crippen LogP contribution in [0.1, 0.15) is 35.1 Å². The molecule has 0 spiro atoms. The predicted molar refractivity (Wildman–Crippen MR) is 118 cm³/mol. The van der Waals surface area contributed by atoms with E-state index >= 15 is 0 Å². The normalized spacial score (nSPS) is 18.1. The SMILES string of the molecule is COc1cc2nn(C3CCN(C4COC4)CC3)cc2cc1NC(=O)c1cccc(C(F)(F)F)n1. The van der Waals surface area contributed by atoms with E-state index in [9.17, 15) is 18.0 Å². The molecule has 0 saturated carbocycles. The van der Waals surface area contributed by atoms with Crippen LogP contribution in [-0.2, 0) is 10.9 Å². The largest absolute Gasteiger partial charge is 0.494 e. The molecule has 1 N–H and O–H groups in total. The average molecular weight is 475 g/mol. The van der Waals surface area contributed by atoms with E-state index in [0.29, 0.717) is 23.0 Å². The van der Waals surface area contributed by atoms with Crippen molar-refractivity contribution in [3.8, 4) is 5.75 Å². The van der Waals surface area contributed by atoms with Crippen molar-refractivity contribution >= 4 is 22.5 Å². The molecular formula is C23H24F3N5O3. The Hall–Kier alpha value is -3.18. The number of fused-ring (bicyclic) bond motifs is 1. The van der Waals surface area contributed by atoms with Crippen molar-refractivity contribution in [2.24, 2.45) is 0 Å². The van der Waals surface area contributed by atoms with Gasteiger partial charge in [0.2, 0.25) is 0 Å². The van der Waals surface area contributed by atoms with E-state index in [1.165, 1.54) is 13.2 Å². The first-order valence-electron chi connectivity index (χ1n) is 11.1. The molecule has 2 aliphatic heterocycles. The lowest BCUT2D eigenvalue weighted by molar-refractivity contribution is -0.141. The second-order valence-corrected chi connectivity index (χ2v) is 8.54. The summed E-state index contributed by atoms with van der Waals surface area (Å²) < 4.78 is 51.5. The Morgan fingerprint density at radius 1 is 1.18 bits per heavy atom. The summed E-state index contributed by atoms with van der Waals surface area (Å²) in [5, 5.41) is 8.12. The average Bonchev–Trinajstić information content (AvgIpc) is 3.20. The molecule has 2 aliphatic rings. The van der Waals surface area contributed by atoms with Crippen molar-refractivity contribution in [1.29, 1.82) is 0 Å². The molecule has 0 aliphatic carbocycles. The zero-order valence-corrected chi connectivity index (χ0v) is 18.5. The van der Waals surface area contributed by atoms with E-state index < -0.39 is 17.8 Å². The van der Waals surface area contributed by atoms with Crippen molar-refractivity contribution in [2.75, 3.05) is 38.7 Å². The van der Waals surface area contributed by atoms with Gasteiger partial charge in [-0.3, -0.25) is 14.4 Å². The van der Waals surface area contributed by atoms with Gasteiger partial charge >= 0.3 is 6.18 Å². The number of anilines is 1. The fourth-order valence-electron chi connectivity index (χ4n) is 4.38. The monoisotopic (exact) mass is 475 g/mol. The van der Waals surface area contributed by atoms with Gasteiger partial charge in [0.15, 0.2) is 0 Å². The molecule has 0 atom stereocenters. The summed E-state index contributed by atoms with van der Waals surface area (Å²) in [5.74, 6) is -0.402. The maximum absolute atomic E-state index is 13.0. The lowest BCUT2D eigenvalue weighted by Gasteiger charge is -2.41. The number of rotatable bonds is 5. The molecule has 1 aromatic carbocycles. The number of aromatic nitrogens is 3. The number of ether oxygens (including phenoxy) is 2. The van der Waals surface area contributed by atoms with Gasteiger partial charge in [0, 0.05) is 30.7 Å². The first kappa shape index (κ1) is 22.6. The molecule has 4 heterocycles. The number of likely N-dealkylation sites (tertiary alicyclic amines) is 1. The second-order valence-electron chi connectivity index (χ2n) is 8.54.